The van der Waals surface area contributed by atoms with Crippen LogP contribution in [0, 0.1) is 5.82 Å². The van der Waals surface area contributed by atoms with E-state index in [2.05, 4.69) is 15.9 Å². The molecular weight excluding hydrogens is 347 g/mol. The first kappa shape index (κ1) is 15.0. The van der Waals surface area contributed by atoms with E-state index in [-0.39, 0.29) is 12.2 Å². The summed E-state index contributed by atoms with van der Waals surface area (Å²) in [6.07, 6.45) is 0.276. The molecule has 0 saturated carbocycles. The molecule has 2 aromatic carbocycles. The molecule has 0 spiro atoms. The molecular formula is C15H11BrClFO2. The van der Waals surface area contributed by atoms with Crippen LogP contribution < -0.4 is 0 Å². The topological polar surface area (TPSA) is 37.3 Å². The monoisotopic (exact) mass is 356 g/mol. The Bertz CT molecular complexity index is 628. The highest BCUT2D eigenvalue weighted by Crippen LogP contribution is 2.27. The lowest BCUT2D eigenvalue weighted by Crippen LogP contribution is -2.14. The van der Waals surface area contributed by atoms with Crippen molar-refractivity contribution >= 4 is 33.5 Å². The molecule has 2 nitrogen and oxygen atoms in total. The fraction of sp³-hybridized carbons (Fsp3) is 0.133. The Kier molecular flexibility index (Phi) is 4.78. The third kappa shape index (κ3) is 3.58. The van der Waals surface area contributed by atoms with E-state index in [1.54, 1.807) is 30.3 Å². The first-order valence-corrected chi connectivity index (χ1v) is 7.06. The van der Waals surface area contributed by atoms with Crippen molar-refractivity contribution in [1.82, 2.24) is 0 Å². The van der Waals surface area contributed by atoms with Crippen LogP contribution in [0.5, 0.6) is 0 Å². The summed E-state index contributed by atoms with van der Waals surface area (Å²) in [5.74, 6) is -1.99. The third-order valence-electron chi connectivity index (χ3n) is 3.01. The maximum Gasteiger partial charge on any atom is 0.311 e. The van der Waals surface area contributed by atoms with Crippen molar-refractivity contribution in [3.8, 4) is 0 Å². The van der Waals surface area contributed by atoms with Crippen molar-refractivity contribution in [3.63, 3.8) is 0 Å². The Morgan fingerprint density at radius 2 is 1.90 bits per heavy atom. The van der Waals surface area contributed by atoms with Crippen molar-refractivity contribution < 1.29 is 14.3 Å². The summed E-state index contributed by atoms with van der Waals surface area (Å²) >= 11 is 9.06. The predicted octanol–water partition coefficient (Wildman–Crippen LogP) is 4.65. The largest absolute Gasteiger partial charge is 0.481 e. The number of carboxylic acid groups (broad SMARTS) is 1. The van der Waals surface area contributed by atoms with Gasteiger partial charge in [0, 0.05) is 9.50 Å². The van der Waals surface area contributed by atoms with Gasteiger partial charge in [-0.05, 0) is 41.8 Å². The number of aliphatic carboxylic acids is 1. The van der Waals surface area contributed by atoms with Crippen LogP contribution in [-0.2, 0) is 11.2 Å². The minimum atomic E-state index is -0.927. The maximum atomic E-state index is 13.0. The summed E-state index contributed by atoms with van der Waals surface area (Å²) < 4.78 is 13.6. The molecule has 0 aromatic heterocycles. The van der Waals surface area contributed by atoms with Gasteiger partial charge in [0.1, 0.15) is 5.82 Å². The van der Waals surface area contributed by atoms with Gasteiger partial charge in [-0.1, -0.05) is 45.7 Å². The van der Waals surface area contributed by atoms with E-state index in [0.29, 0.717) is 15.1 Å². The van der Waals surface area contributed by atoms with Gasteiger partial charge >= 0.3 is 5.97 Å². The summed E-state index contributed by atoms with van der Waals surface area (Å²) in [5, 5.41) is 9.94. The van der Waals surface area contributed by atoms with Crippen molar-refractivity contribution in [2.24, 2.45) is 0 Å². The highest BCUT2D eigenvalue weighted by atomic mass is 79.9. The molecule has 0 fully saturated rings. The van der Waals surface area contributed by atoms with Crippen LogP contribution in [0.2, 0.25) is 5.02 Å². The molecule has 1 N–H and O–H groups in total. The maximum absolute atomic E-state index is 13.0. The van der Waals surface area contributed by atoms with E-state index in [4.69, 9.17) is 11.6 Å². The quantitative estimate of drug-likeness (QED) is 0.864. The van der Waals surface area contributed by atoms with Gasteiger partial charge in [0.05, 0.1) is 5.92 Å². The SMILES string of the molecule is O=C(O)C(Cc1ccc(F)cc1Br)c1ccc(Cl)cc1. The Labute approximate surface area is 129 Å². The van der Waals surface area contributed by atoms with Gasteiger partial charge in [-0.2, -0.15) is 0 Å². The van der Waals surface area contributed by atoms with Gasteiger partial charge in [-0.15, -0.1) is 0 Å². The third-order valence-corrected chi connectivity index (χ3v) is 4.00. The minimum Gasteiger partial charge on any atom is -0.481 e. The van der Waals surface area contributed by atoms with Crippen LogP contribution in [0.4, 0.5) is 4.39 Å². The normalized spacial score (nSPS) is 12.2. The molecule has 0 bridgehead atoms. The number of carboxylic acids is 1. The molecule has 0 heterocycles. The van der Waals surface area contributed by atoms with Crippen LogP contribution in [0.15, 0.2) is 46.9 Å². The fourth-order valence-corrected chi connectivity index (χ4v) is 2.59. The van der Waals surface area contributed by atoms with Crippen molar-refractivity contribution in [1.29, 1.82) is 0 Å². The second-order valence-corrected chi connectivity index (χ2v) is 5.67. The van der Waals surface area contributed by atoms with Crippen LogP contribution >= 0.6 is 27.5 Å². The van der Waals surface area contributed by atoms with Crippen LogP contribution in [0.3, 0.4) is 0 Å². The molecule has 0 amide bonds. The molecule has 1 atom stereocenters. The lowest BCUT2D eigenvalue weighted by Gasteiger charge is -2.14. The zero-order valence-corrected chi connectivity index (χ0v) is 12.7. The standard InChI is InChI=1S/C15H11BrClFO2/c16-14-8-12(18)6-3-10(14)7-13(15(19)20)9-1-4-11(17)5-2-9/h1-6,8,13H,7H2,(H,19,20). The second-order valence-electron chi connectivity index (χ2n) is 4.38. The average molecular weight is 358 g/mol. The Hall–Kier alpha value is -1.39. The van der Waals surface area contributed by atoms with E-state index >= 15 is 0 Å². The number of hydrogen-bond donors (Lipinski definition) is 1. The van der Waals surface area contributed by atoms with E-state index in [1.807, 2.05) is 0 Å². The Morgan fingerprint density at radius 3 is 2.45 bits per heavy atom. The zero-order valence-electron chi connectivity index (χ0n) is 10.3. The Morgan fingerprint density at radius 1 is 1.25 bits per heavy atom. The molecule has 0 radical (unpaired) electrons. The summed E-state index contributed by atoms with van der Waals surface area (Å²) in [5.41, 5.74) is 1.41. The summed E-state index contributed by atoms with van der Waals surface area (Å²) in [7, 11) is 0. The summed E-state index contributed by atoms with van der Waals surface area (Å²) in [4.78, 5) is 11.4. The van der Waals surface area contributed by atoms with E-state index in [1.165, 1.54) is 12.1 Å². The minimum absolute atomic E-state index is 0.276. The van der Waals surface area contributed by atoms with Crippen LogP contribution in [-0.4, -0.2) is 11.1 Å². The fourth-order valence-electron chi connectivity index (χ4n) is 1.95. The molecule has 5 heteroatoms. The van der Waals surface area contributed by atoms with Crippen LogP contribution in [0.25, 0.3) is 0 Å². The van der Waals surface area contributed by atoms with Crippen molar-refractivity contribution in [2.45, 2.75) is 12.3 Å². The van der Waals surface area contributed by atoms with Gasteiger partial charge < -0.3 is 5.11 Å². The Balaban J connectivity index is 2.30. The number of benzene rings is 2. The number of halogens is 3. The van der Waals surface area contributed by atoms with E-state index < -0.39 is 11.9 Å². The molecule has 1 unspecified atom stereocenters. The lowest BCUT2D eigenvalue weighted by molar-refractivity contribution is -0.138. The molecule has 2 rings (SSSR count). The number of hydrogen-bond acceptors (Lipinski definition) is 1. The molecule has 0 saturated heterocycles. The van der Waals surface area contributed by atoms with E-state index in [9.17, 15) is 14.3 Å². The summed E-state index contributed by atoms with van der Waals surface area (Å²) in [6.45, 7) is 0. The van der Waals surface area contributed by atoms with Gasteiger partial charge in [0.25, 0.3) is 0 Å². The highest BCUT2D eigenvalue weighted by Gasteiger charge is 2.21. The first-order valence-electron chi connectivity index (χ1n) is 5.89. The predicted molar refractivity (Wildman–Crippen MR) is 79.6 cm³/mol. The van der Waals surface area contributed by atoms with Gasteiger partial charge in [-0.3, -0.25) is 4.79 Å². The molecule has 0 aliphatic rings. The molecule has 0 aliphatic carbocycles. The highest BCUT2D eigenvalue weighted by molar-refractivity contribution is 9.10. The van der Waals surface area contributed by atoms with E-state index in [0.717, 1.165) is 5.56 Å². The smallest absolute Gasteiger partial charge is 0.311 e. The molecule has 2 aromatic rings. The number of rotatable bonds is 4. The van der Waals surface area contributed by atoms with Crippen molar-refractivity contribution in [3.05, 3.63) is 68.9 Å². The lowest BCUT2D eigenvalue weighted by atomic mass is 9.92. The first-order chi connectivity index (χ1) is 9.47. The summed E-state index contributed by atoms with van der Waals surface area (Å²) in [6, 6.07) is 10.9. The average Bonchev–Trinajstić information content (AvgIpc) is 2.39. The molecule has 20 heavy (non-hydrogen) atoms. The van der Waals surface area contributed by atoms with Gasteiger partial charge in [0.2, 0.25) is 0 Å². The number of carbonyl (C=O) groups is 1. The van der Waals surface area contributed by atoms with Crippen LogP contribution in [0.1, 0.15) is 17.0 Å². The molecule has 104 valence electrons. The zero-order chi connectivity index (χ0) is 14.7. The van der Waals surface area contributed by atoms with Gasteiger partial charge in [0.15, 0.2) is 0 Å². The molecule has 0 aliphatic heterocycles. The van der Waals surface area contributed by atoms with Gasteiger partial charge in [-0.25, -0.2) is 4.39 Å². The van der Waals surface area contributed by atoms with Crippen molar-refractivity contribution in [2.75, 3.05) is 0 Å². The second kappa shape index (κ2) is 6.37.